The summed E-state index contributed by atoms with van der Waals surface area (Å²) in [5.74, 6) is -1.13. The van der Waals surface area contributed by atoms with E-state index >= 15 is 0 Å². The van der Waals surface area contributed by atoms with Crippen LogP contribution in [0, 0.1) is 5.92 Å². The van der Waals surface area contributed by atoms with Crippen molar-refractivity contribution >= 4 is 29.2 Å². The quantitative estimate of drug-likeness (QED) is 0.759. The van der Waals surface area contributed by atoms with Crippen molar-refractivity contribution in [2.75, 3.05) is 24.4 Å². The molecule has 1 amide bonds. The molecular weight excluding hydrogens is 360 g/mol. The van der Waals surface area contributed by atoms with E-state index in [4.69, 9.17) is 9.47 Å². The first-order valence-electron chi connectivity index (χ1n) is 8.82. The van der Waals surface area contributed by atoms with E-state index in [1.165, 1.54) is 25.2 Å². The zero-order valence-electron chi connectivity index (χ0n) is 16.4. The third-order valence-corrected chi connectivity index (χ3v) is 3.91. The number of amides is 1. The van der Waals surface area contributed by atoms with Crippen LogP contribution < -0.4 is 10.2 Å². The van der Waals surface area contributed by atoms with E-state index in [0.29, 0.717) is 17.8 Å². The number of hydrogen-bond donors (Lipinski definition) is 1. The molecule has 1 aromatic rings. The predicted octanol–water partition coefficient (Wildman–Crippen LogP) is 3.16. The van der Waals surface area contributed by atoms with Crippen molar-refractivity contribution in [2.45, 2.75) is 20.3 Å². The van der Waals surface area contributed by atoms with Crippen molar-refractivity contribution in [3.8, 4) is 0 Å². The molecule has 0 fully saturated rings. The van der Waals surface area contributed by atoms with E-state index in [0.717, 1.165) is 0 Å². The number of carbonyl (C=O) groups is 3. The largest absolute Gasteiger partial charge is 0.465 e. The van der Waals surface area contributed by atoms with Crippen LogP contribution in [0.15, 0.2) is 60.0 Å². The normalized spacial score (nSPS) is 13.4. The molecule has 0 radical (unpaired) electrons. The molecule has 1 heterocycles. The van der Waals surface area contributed by atoms with Gasteiger partial charge >= 0.3 is 11.9 Å². The van der Waals surface area contributed by atoms with Crippen LogP contribution in [0.25, 0.3) is 0 Å². The van der Waals surface area contributed by atoms with Gasteiger partial charge < -0.3 is 19.7 Å². The van der Waals surface area contributed by atoms with Crippen LogP contribution in [0.1, 0.15) is 20.3 Å². The Bertz CT molecular complexity index is 835. The van der Waals surface area contributed by atoms with Crippen molar-refractivity contribution in [3.63, 3.8) is 0 Å². The maximum Gasteiger partial charge on any atom is 0.355 e. The Morgan fingerprint density at radius 3 is 2.21 bits per heavy atom. The fraction of sp³-hybridized carbons (Fsp3) is 0.286. The number of ether oxygens (including phenoxy) is 2. The Hall–Kier alpha value is -3.35. The summed E-state index contributed by atoms with van der Waals surface area (Å²) in [6.07, 6.45) is 6.90. The second-order valence-electron chi connectivity index (χ2n) is 6.51. The number of anilines is 2. The highest BCUT2D eigenvalue weighted by Gasteiger charge is 2.27. The summed E-state index contributed by atoms with van der Waals surface area (Å²) in [5, 5.41) is 2.83. The maximum absolute atomic E-state index is 12.4. The third-order valence-electron chi connectivity index (χ3n) is 3.91. The molecule has 1 N–H and O–H groups in total. The zero-order valence-corrected chi connectivity index (χ0v) is 16.4. The number of methoxy groups -OCH3 is 2. The summed E-state index contributed by atoms with van der Waals surface area (Å²) in [7, 11) is 2.49. The molecule has 0 saturated carbocycles. The SMILES string of the molecule is COC(=O)C1=C(C(=O)OC)N(c2ccc(NC(=O)CC(C)C)cc2)C=CC=C1. The first kappa shape index (κ1) is 21.0. The summed E-state index contributed by atoms with van der Waals surface area (Å²) >= 11 is 0. The van der Waals surface area contributed by atoms with Gasteiger partial charge in [-0.3, -0.25) is 4.79 Å². The minimum atomic E-state index is -0.675. The molecule has 28 heavy (non-hydrogen) atoms. The summed E-state index contributed by atoms with van der Waals surface area (Å²) in [6, 6.07) is 6.93. The number of hydrogen-bond acceptors (Lipinski definition) is 6. The molecule has 2 rings (SSSR count). The average Bonchev–Trinajstić information content (AvgIpc) is 2.89. The summed E-state index contributed by atoms with van der Waals surface area (Å²) in [4.78, 5) is 38.0. The van der Waals surface area contributed by atoms with E-state index in [1.54, 1.807) is 42.6 Å². The molecule has 1 aliphatic heterocycles. The zero-order chi connectivity index (χ0) is 20.7. The van der Waals surface area contributed by atoms with Gasteiger partial charge in [-0.15, -0.1) is 0 Å². The van der Waals surface area contributed by atoms with E-state index in [-0.39, 0.29) is 23.1 Å². The summed E-state index contributed by atoms with van der Waals surface area (Å²) < 4.78 is 9.66. The van der Waals surface area contributed by atoms with Crippen LogP contribution in [-0.4, -0.2) is 32.1 Å². The van der Waals surface area contributed by atoms with Crippen LogP contribution in [0.2, 0.25) is 0 Å². The topological polar surface area (TPSA) is 84.9 Å². The molecule has 0 bridgehead atoms. The molecule has 0 aliphatic carbocycles. The molecule has 0 unspecified atom stereocenters. The summed E-state index contributed by atoms with van der Waals surface area (Å²) in [5.41, 5.74) is 1.37. The Morgan fingerprint density at radius 1 is 1.00 bits per heavy atom. The van der Waals surface area contributed by atoms with Crippen molar-refractivity contribution in [1.82, 2.24) is 0 Å². The molecule has 7 heteroatoms. The molecule has 1 aromatic carbocycles. The lowest BCUT2D eigenvalue weighted by atomic mass is 10.1. The molecule has 0 spiro atoms. The number of allylic oxidation sites excluding steroid dienone is 2. The van der Waals surface area contributed by atoms with Gasteiger partial charge in [-0.25, -0.2) is 9.59 Å². The number of nitrogens with zero attached hydrogens (tertiary/aromatic N) is 1. The first-order valence-corrected chi connectivity index (χ1v) is 8.82. The maximum atomic E-state index is 12.4. The number of benzene rings is 1. The second-order valence-corrected chi connectivity index (χ2v) is 6.51. The molecule has 7 nitrogen and oxygen atoms in total. The minimum absolute atomic E-state index is 0.0379. The molecule has 0 saturated heterocycles. The van der Waals surface area contributed by atoms with Crippen LogP contribution in [0.5, 0.6) is 0 Å². The lowest BCUT2D eigenvalue weighted by Crippen LogP contribution is -2.27. The van der Waals surface area contributed by atoms with Gasteiger partial charge in [0.15, 0.2) is 0 Å². The number of carbonyl (C=O) groups excluding carboxylic acids is 3. The van der Waals surface area contributed by atoms with Crippen molar-refractivity contribution in [1.29, 1.82) is 0 Å². The van der Waals surface area contributed by atoms with E-state index in [2.05, 4.69) is 5.32 Å². The molecule has 0 aromatic heterocycles. The van der Waals surface area contributed by atoms with Crippen LogP contribution in [-0.2, 0) is 23.9 Å². The van der Waals surface area contributed by atoms with Gasteiger partial charge in [0.25, 0.3) is 0 Å². The number of esters is 2. The van der Waals surface area contributed by atoms with Gasteiger partial charge in [0.05, 0.1) is 19.8 Å². The molecular formula is C21H24N2O5. The van der Waals surface area contributed by atoms with Gasteiger partial charge in [0.1, 0.15) is 5.70 Å². The fourth-order valence-electron chi connectivity index (χ4n) is 2.65. The first-order chi connectivity index (χ1) is 13.4. The Morgan fingerprint density at radius 2 is 1.64 bits per heavy atom. The minimum Gasteiger partial charge on any atom is -0.465 e. The smallest absolute Gasteiger partial charge is 0.355 e. The van der Waals surface area contributed by atoms with Crippen molar-refractivity contribution in [3.05, 3.63) is 60.0 Å². The monoisotopic (exact) mass is 384 g/mol. The third kappa shape index (κ3) is 5.09. The highest BCUT2D eigenvalue weighted by atomic mass is 16.5. The van der Waals surface area contributed by atoms with E-state index < -0.39 is 11.9 Å². The Balaban J connectivity index is 2.37. The Kier molecular flexibility index (Phi) is 7.14. The summed E-state index contributed by atoms with van der Waals surface area (Å²) in [6.45, 7) is 3.95. The van der Waals surface area contributed by atoms with Crippen LogP contribution >= 0.6 is 0 Å². The highest BCUT2D eigenvalue weighted by Crippen LogP contribution is 2.27. The molecule has 0 atom stereocenters. The highest BCUT2D eigenvalue weighted by molar-refractivity contribution is 6.05. The van der Waals surface area contributed by atoms with Crippen molar-refractivity contribution in [2.24, 2.45) is 5.92 Å². The van der Waals surface area contributed by atoms with Gasteiger partial charge in [-0.2, -0.15) is 0 Å². The van der Waals surface area contributed by atoms with Gasteiger partial charge in [-0.05, 0) is 42.3 Å². The van der Waals surface area contributed by atoms with Gasteiger partial charge in [-0.1, -0.05) is 19.9 Å². The lowest BCUT2D eigenvalue weighted by Gasteiger charge is -2.23. The predicted molar refractivity (Wildman–Crippen MR) is 106 cm³/mol. The number of nitrogens with one attached hydrogen (secondary N) is 1. The fourth-order valence-corrected chi connectivity index (χ4v) is 2.65. The average molecular weight is 384 g/mol. The van der Waals surface area contributed by atoms with E-state index in [1.807, 2.05) is 13.8 Å². The Labute approximate surface area is 164 Å². The molecule has 148 valence electrons. The van der Waals surface area contributed by atoms with E-state index in [9.17, 15) is 14.4 Å². The van der Waals surface area contributed by atoms with Crippen LogP contribution in [0.4, 0.5) is 11.4 Å². The van der Waals surface area contributed by atoms with Gasteiger partial charge in [0, 0.05) is 24.0 Å². The van der Waals surface area contributed by atoms with Gasteiger partial charge in [0.2, 0.25) is 5.91 Å². The van der Waals surface area contributed by atoms with Crippen molar-refractivity contribution < 1.29 is 23.9 Å². The number of rotatable bonds is 6. The lowest BCUT2D eigenvalue weighted by molar-refractivity contribution is -0.139. The molecule has 1 aliphatic rings. The van der Waals surface area contributed by atoms with Crippen LogP contribution in [0.3, 0.4) is 0 Å². The standard InChI is InChI=1S/C21H24N2O5/c1-14(2)13-18(24)22-15-8-10-16(11-9-15)23-12-6-5-7-17(20(25)27-3)19(23)21(26)28-4/h5-12,14H,13H2,1-4H3,(H,22,24). The second kappa shape index (κ2) is 9.55.